The molecule has 0 N–H and O–H groups in total. The summed E-state index contributed by atoms with van der Waals surface area (Å²) in [7, 11) is 2.09. The van der Waals surface area contributed by atoms with Crippen molar-refractivity contribution in [2.45, 2.75) is 0 Å². The molecule has 6 aromatic carbocycles. The Morgan fingerprint density at radius 3 is 1.73 bits per heavy atom. The van der Waals surface area contributed by atoms with Crippen LogP contribution >= 0.6 is 17.1 Å². The van der Waals surface area contributed by atoms with Gasteiger partial charge in [-0.05, 0) is 72.0 Å². The zero-order valence-corrected chi connectivity index (χ0v) is 24.3. The van der Waals surface area contributed by atoms with Crippen LogP contribution in [0.5, 0.6) is 0 Å². The third-order valence-electron chi connectivity index (χ3n) is 7.71. The predicted molar refractivity (Wildman–Crippen MR) is 180 cm³/mol. The molecule has 0 saturated heterocycles. The van der Waals surface area contributed by atoms with Crippen LogP contribution in [-0.2, 0) is 0 Å². The average Bonchev–Trinajstić information content (AvgIpc) is 3.35. The van der Waals surface area contributed by atoms with Gasteiger partial charge >= 0.3 is 0 Å². The molecule has 0 fully saturated rings. The smallest absolute Gasteiger partial charge is 0.0705 e. The van der Waals surface area contributed by atoms with Gasteiger partial charge in [-0.2, -0.15) is 0 Å². The van der Waals surface area contributed by atoms with Gasteiger partial charge in [-0.3, -0.25) is 9.00 Å². The minimum atomic E-state index is -0.873. The molecule has 0 bridgehead atoms. The molecule has 0 radical (unpaired) electrons. The fraction of sp³-hybridized carbons (Fsp3) is 0. The Hall–Kier alpha value is -4.55. The maximum absolute atomic E-state index is 2.96. The van der Waals surface area contributed by atoms with Gasteiger partial charge in [0.25, 0.3) is 0 Å². The molecule has 2 atom stereocenters. The maximum atomic E-state index is 2.96. The summed E-state index contributed by atoms with van der Waals surface area (Å²) in [5.74, 6) is 0. The maximum Gasteiger partial charge on any atom is 0.0705 e. The summed E-state index contributed by atoms with van der Waals surface area (Å²) in [6.07, 6.45) is 0. The van der Waals surface area contributed by atoms with Gasteiger partial charge in [0.05, 0.1) is 46.6 Å². The van der Waals surface area contributed by atoms with E-state index in [1.54, 1.807) is 0 Å². The molecule has 41 heavy (non-hydrogen) atoms. The lowest BCUT2D eigenvalue weighted by molar-refractivity contribution is 1.18. The van der Waals surface area contributed by atoms with Crippen molar-refractivity contribution in [2.75, 3.05) is 4.67 Å². The molecule has 0 aliphatic heterocycles. The summed E-state index contributed by atoms with van der Waals surface area (Å²) in [6, 6.07) is 54.7. The largest absolute Gasteiger partial charge is 0.309 e. The van der Waals surface area contributed by atoms with E-state index in [4.69, 9.17) is 0 Å². The molecule has 8 aromatic rings. The molecule has 0 spiro atoms. The highest BCUT2D eigenvalue weighted by Crippen LogP contribution is 2.54. The average molecular weight is 564 g/mol. The molecular formula is C36H27N3P2. The van der Waals surface area contributed by atoms with E-state index in [0.29, 0.717) is 0 Å². The summed E-state index contributed by atoms with van der Waals surface area (Å²) < 4.78 is 7.45. The molecule has 2 heterocycles. The van der Waals surface area contributed by atoms with Crippen molar-refractivity contribution in [1.82, 2.24) is 8.90 Å². The monoisotopic (exact) mass is 563 g/mol. The number of fused-ring (bicyclic) bond motifs is 4. The first-order valence-electron chi connectivity index (χ1n) is 13.8. The second-order valence-electron chi connectivity index (χ2n) is 10.2. The zero-order chi connectivity index (χ0) is 27.3. The van der Waals surface area contributed by atoms with E-state index < -0.39 is 7.84 Å². The van der Waals surface area contributed by atoms with Crippen molar-refractivity contribution < 1.29 is 0 Å². The van der Waals surface area contributed by atoms with Gasteiger partial charge in [-0.15, -0.1) is 9.24 Å². The Balaban J connectivity index is 1.41. The highest BCUT2D eigenvalue weighted by Gasteiger charge is 2.25. The molecule has 2 aromatic heterocycles. The molecule has 8 rings (SSSR count). The number of benzene rings is 6. The van der Waals surface area contributed by atoms with E-state index >= 15 is 0 Å². The molecule has 0 aliphatic carbocycles. The van der Waals surface area contributed by atoms with Crippen molar-refractivity contribution >= 4 is 66.2 Å². The Labute approximate surface area is 242 Å². The van der Waals surface area contributed by atoms with Gasteiger partial charge in [0, 0.05) is 16.5 Å². The Kier molecular flexibility index (Phi) is 5.81. The van der Waals surface area contributed by atoms with Crippen LogP contribution in [0.25, 0.3) is 43.8 Å². The lowest BCUT2D eigenvalue weighted by Gasteiger charge is -2.34. The van der Waals surface area contributed by atoms with Gasteiger partial charge in [0.1, 0.15) is 0 Å². The van der Waals surface area contributed by atoms with Crippen molar-refractivity contribution in [3.8, 4) is 11.4 Å². The van der Waals surface area contributed by atoms with Crippen molar-refractivity contribution in [3.05, 3.63) is 152 Å². The second kappa shape index (κ2) is 9.82. The van der Waals surface area contributed by atoms with Gasteiger partial charge in [0.15, 0.2) is 0 Å². The number of hydrogen-bond acceptors (Lipinski definition) is 1. The summed E-state index contributed by atoms with van der Waals surface area (Å²) in [6.45, 7) is 0. The lowest BCUT2D eigenvalue weighted by atomic mass is 10.2. The lowest BCUT2D eigenvalue weighted by Crippen LogP contribution is -2.16. The summed E-state index contributed by atoms with van der Waals surface area (Å²) in [5, 5.41) is 5.07. The van der Waals surface area contributed by atoms with Crippen LogP contribution < -0.4 is 9.97 Å². The summed E-state index contributed by atoms with van der Waals surface area (Å²) in [5.41, 5.74) is 8.42. The third-order valence-corrected chi connectivity index (χ3v) is 10.5. The SMILES string of the molecule is Pc1cc(N(c2ccccc2)p2c3ccccc3n2-c2ccccc2)cc(-n2c3ccccc3c3ccccc32)c1. The first-order valence-corrected chi connectivity index (χ1v) is 15.6. The first kappa shape index (κ1) is 24.3. The minimum Gasteiger partial charge on any atom is -0.309 e. The topological polar surface area (TPSA) is 13.1 Å². The van der Waals surface area contributed by atoms with Crippen LogP contribution in [0.1, 0.15) is 0 Å². The summed E-state index contributed by atoms with van der Waals surface area (Å²) in [4.78, 5) is 0. The van der Waals surface area contributed by atoms with Crippen LogP contribution in [0.4, 0.5) is 11.4 Å². The molecule has 0 aliphatic rings. The van der Waals surface area contributed by atoms with E-state index in [2.05, 4.69) is 174 Å². The fourth-order valence-electron chi connectivity index (χ4n) is 6.00. The van der Waals surface area contributed by atoms with E-state index in [0.717, 1.165) is 11.0 Å². The first-order chi connectivity index (χ1) is 20.3. The fourth-order valence-corrected chi connectivity index (χ4v) is 8.82. The normalized spacial score (nSPS) is 12.0. The Morgan fingerprint density at radius 2 is 1.05 bits per heavy atom. The molecular weight excluding hydrogens is 536 g/mol. The second-order valence-corrected chi connectivity index (χ2v) is 12.8. The van der Waals surface area contributed by atoms with Gasteiger partial charge in [0.2, 0.25) is 0 Å². The van der Waals surface area contributed by atoms with Gasteiger partial charge in [-0.25, -0.2) is 0 Å². The standard InChI is InChI=1S/C36H27N3P2/c40-30-24-28(37-33-19-9-7-17-31(33)32-18-8-10-20-34(32)37)23-29(25-30)38(26-13-3-1-4-14-26)41-36-22-12-11-21-35(36)39(41)27-15-5-2-6-16-27/h1-25H,40H2. The molecule has 5 heteroatoms. The number of nitrogens with zero attached hydrogens (tertiary/aromatic N) is 3. The van der Waals surface area contributed by atoms with Crippen molar-refractivity contribution in [2.24, 2.45) is 0 Å². The van der Waals surface area contributed by atoms with Crippen LogP contribution in [-0.4, -0.2) is 8.90 Å². The molecule has 196 valence electrons. The number of rotatable bonds is 5. The highest BCUT2D eigenvalue weighted by molar-refractivity contribution is 7.56. The summed E-state index contributed by atoms with van der Waals surface area (Å²) >= 11 is 0. The van der Waals surface area contributed by atoms with Gasteiger partial charge in [-0.1, -0.05) is 84.9 Å². The van der Waals surface area contributed by atoms with E-state index in [1.165, 1.54) is 49.5 Å². The van der Waals surface area contributed by atoms with E-state index in [1.807, 2.05) is 0 Å². The number of anilines is 2. The Bertz CT molecular complexity index is 2120. The van der Waals surface area contributed by atoms with Crippen LogP contribution in [0.15, 0.2) is 152 Å². The van der Waals surface area contributed by atoms with E-state index in [-0.39, 0.29) is 0 Å². The number of aromatic nitrogens is 2. The van der Waals surface area contributed by atoms with Crippen LogP contribution in [0.3, 0.4) is 0 Å². The predicted octanol–water partition coefficient (Wildman–Crippen LogP) is 9.82. The quantitative estimate of drug-likeness (QED) is 0.190. The van der Waals surface area contributed by atoms with Crippen LogP contribution in [0.2, 0.25) is 0 Å². The van der Waals surface area contributed by atoms with Crippen molar-refractivity contribution in [3.63, 3.8) is 0 Å². The van der Waals surface area contributed by atoms with Crippen LogP contribution in [0, 0.1) is 0 Å². The molecule has 2 unspecified atom stereocenters. The highest BCUT2D eigenvalue weighted by atomic mass is 31.1. The number of hydrogen-bond donors (Lipinski definition) is 0. The Morgan fingerprint density at radius 1 is 0.488 bits per heavy atom. The van der Waals surface area contributed by atoms with E-state index in [9.17, 15) is 0 Å². The molecule has 3 nitrogen and oxygen atoms in total. The third kappa shape index (κ3) is 3.93. The molecule has 0 amide bonds. The molecule has 0 saturated carbocycles. The van der Waals surface area contributed by atoms with Crippen molar-refractivity contribution in [1.29, 1.82) is 0 Å². The number of para-hydroxylation sites is 5. The zero-order valence-electron chi connectivity index (χ0n) is 22.3. The minimum absolute atomic E-state index is 0.873. The van der Waals surface area contributed by atoms with Gasteiger partial charge < -0.3 is 4.57 Å².